The number of amides is 1. The highest BCUT2D eigenvalue weighted by atomic mass is 127. The van der Waals surface area contributed by atoms with E-state index in [1.807, 2.05) is 18.2 Å². The van der Waals surface area contributed by atoms with Gasteiger partial charge in [0.15, 0.2) is 0 Å². The zero-order valence-corrected chi connectivity index (χ0v) is 11.4. The van der Waals surface area contributed by atoms with Crippen molar-refractivity contribution >= 4 is 28.5 Å². The van der Waals surface area contributed by atoms with E-state index in [0.717, 1.165) is 3.57 Å². The highest BCUT2D eigenvalue weighted by Crippen LogP contribution is 2.13. The molecule has 4 heteroatoms. The molecular formula is C12H13IN2O. The van der Waals surface area contributed by atoms with Crippen molar-refractivity contribution in [2.75, 3.05) is 6.54 Å². The second-order valence-corrected chi connectivity index (χ2v) is 5.32. The molecule has 1 N–H and O–H groups in total. The molecule has 0 heterocycles. The molecule has 0 fully saturated rings. The monoisotopic (exact) mass is 328 g/mol. The van der Waals surface area contributed by atoms with E-state index in [0.29, 0.717) is 12.1 Å². The molecule has 1 aromatic carbocycles. The average molecular weight is 328 g/mol. The van der Waals surface area contributed by atoms with Gasteiger partial charge in [0, 0.05) is 10.1 Å². The largest absolute Gasteiger partial charge is 0.350 e. The summed E-state index contributed by atoms with van der Waals surface area (Å²) < 4.78 is 0.910. The fraction of sp³-hybridized carbons (Fsp3) is 0.333. The van der Waals surface area contributed by atoms with Gasteiger partial charge in [0.05, 0.1) is 17.0 Å². The number of benzene rings is 1. The van der Waals surface area contributed by atoms with Gasteiger partial charge in [-0.1, -0.05) is 12.1 Å². The van der Waals surface area contributed by atoms with Crippen LogP contribution in [0.4, 0.5) is 0 Å². The average Bonchev–Trinajstić information content (AvgIpc) is 2.27. The summed E-state index contributed by atoms with van der Waals surface area (Å²) in [7, 11) is 0. The van der Waals surface area contributed by atoms with Crippen LogP contribution in [0.2, 0.25) is 0 Å². The van der Waals surface area contributed by atoms with Crippen molar-refractivity contribution in [3.05, 3.63) is 33.4 Å². The quantitative estimate of drug-likeness (QED) is 0.867. The molecule has 0 aliphatic rings. The molecule has 1 aromatic rings. The van der Waals surface area contributed by atoms with Crippen molar-refractivity contribution < 1.29 is 4.79 Å². The van der Waals surface area contributed by atoms with Crippen LogP contribution in [0, 0.1) is 20.3 Å². The van der Waals surface area contributed by atoms with Crippen LogP contribution >= 0.6 is 22.6 Å². The molecule has 1 amide bonds. The molecule has 0 aliphatic heterocycles. The number of carbonyl (C=O) groups excluding carboxylic acids is 1. The number of rotatable bonds is 3. The lowest BCUT2D eigenvalue weighted by Crippen LogP contribution is -2.33. The summed E-state index contributed by atoms with van der Waals surface area (Å²) in [5.41, 5.74) is 0.118. The van der Waals surface area contributed by atoms with Gasteiger partial charge in [-0.25, -0.2) is 0 Å². The first-order valence-electron chi connectivity index (χ1n) is 4.90. The molecule has 1 rings (SSSR count). The number of halogens is 1. The standard InChI is InChI=1S/C12H13IN2O/c1-12(2,7-14)8-15-11(16)9-5-3-4-6-10(9)13/h3-6H,8H2,1-2H3,(H,15,16). The SMILES string of the molecule is CC(C)(C#N)CNC(=O)c1ccccc1I. The van der Waals surface area contributed by atoms with Gasteiger partial charge in [0.2, 0.25) is 0 Å². The van der Waals surface area contributed by atoms with E-state index in [1.165, 1.54) is 0 Å². The second kappa shape index (κ2) is 5.30. The Bertz CT molecular complexity index is 435. The highest BCUT2D eigenvalue weighted by Gasteiger charge is 2.18. The summed E-state index contributed by atoms with van der Waals surface area (Å²) in [6.45, 7) is 3.94. The smallest absolute Gasteiger partial charge is 0.252 e. The molecule has 0 saturated carbocycles. The van der Waals surface area contributed by atoms with Crippen molar-refractivity contribution in [2.24, 2.45) is 5.41 Å². The topological polar surface area (TPSA) is 52.9 Å². The van der Waals surface area contributed by atoms with Gasteiger partial charge >= 0.3 is 0 Å². The van der Waals surface area contributed by atoms with Gasteiger partial charge in [-0.2, -0.15) is 5.26 Å². The number of hydrogen-bond acceptors (Lipinski definition) is 2. The maximum absolute atomic E-state index is 11.8. The number of nitriles is 1. The lowest BCUT2D eigenvalue weighted by Gasteiger charge is -2.16. The Morgan fingerprint density at radius 3 is 2.69 bits per heavy atom. The third-order valence-electron chi connectivity index (χ3n) is 2.11. The molecule has 0 aliphatic carbocycles. The number of nitrogens with zero attached hydrogens (tertiary/aromatic N) is 1. The van der Waals surface area contributed by atoms with Crippen LogP contribution in [0.3, 0.4) is 0 Å². The van der Waals surface area contributed by atoms with Crippen molar-refractivity contribution in [2.45, 2.75) is 13.8 Å². The Balaban J connectivity index is 2.68. The normalized spacial score (nSPS) is 10.6. The lowest BCUT2D eigenvalue weighted by molar-refractivity contribution is 0.0943. The Kier molecular flexibility index (Phi) is 4.30. The molecule has 0 atom stereocenters. The Morgan fingerprint density at radius 2 is 2.12 bits per heavy atom. The van der Waals surface area contributed by atoms with Crippen LogP contribution in [0.25, 0.3) is 0 Å². The van der Waals surface area contributed by atoms with Crippen molar-refractivity contribution in [3.8, 4) is 6.07 Å². The van der Waals surface area contributed by atoms with E-state index in [1.54, 1.807) is 19.9 Å². The fourth-order valence-electron chi connectivity index (χ4n) is 1.08. The zero-order chi connectivity index (χ0) is 12.2. The maximum atomic E-state index is 11.8. The second-order valence-electron chi connectivity index (χ2n) is 4.16. The molecule has 0 bridgehead atoms. The maximum Gasteiger partial charge on any atom is 0.252 e. The minimum atomic E-state index is -0.532. The Labute approximate surface area is 109 Å². The summed E-state index contributed by atoms with van der Waals surface area (Å²) in [6, 6.07) is 9.51. The van der Waals surface area contributed by atoms with Crippen LogP contribution in [-0.4, -0.2) is 12.5 Å². The molecule has 3 nitrogen and oxygen atoms in total. The van der Waals surface area contributed by atoms with Gasteiger partial charge in [0.1, 0.15) is 0 Å². The molecule has 0 radical (unpaired) electrons. The zero-order valence-electron chi connectivity index (χ0n) is 9.25. The minimum absolute atomic E-state index is 0.131. The van der Waals surface area contributed by atoms with E-state index in [4.69, 9.17) is 5.26 Å². The van der Waals surface area contributed by atoms with Gasteiger partial charge < -0.3 is 5.32 Å². The summed E-state index contributed by atoms with van der Waals surface area (Å²) in [6.07, 6.45) is 0. The van der Waals surface area contributed by atoms with Gasteiger partial charge in [-0.3, -0.25) is 4.79 Å². The van der Waals surface area contributed by atoms with Crippen molar-refractivity contribution in [1.82, 2.24) is 5.32 Å². The minimum Gasteiger partial charge on any atom is -0.350 e. The Morgan fingerprint density at radius 1 is 1.50 bits per heavy atom. The van der Waals surface area contributed by atoms with Crippen molar-refractivity contribution in [1.29, 1.82) is 5.26 Å². The molecular weight excluding hydrogens is 315 g/mol. The molecule has 84 valence electrons. The molecule has 0 unspecified atom stereocenters. The number of nitrogens with one attached hydrogen (secondary N) is 1. The van der Waals surface area contributed by atoms with E-state index in [-0.39, 0.29) is 5.91 Å². The predicted octanol–water partition coefficient (Wildman–Crippen LogP) is 2.57. The third kappa shape index (κ3) is 3.49. The van der Waals surface area contributed by atoms with E-state index >= 15 is 0 Å². The molecule has 0 spiro atoms. The number of hydrogen-bond donors (Lipinski definition) is 1. The number of carbonyl (C=O) groups is 1. The third-order valence-corrected chi connectivity index (χ3v) is 3.05. The molecule has 16 heavy (non-hydrogen) atoms. The van der Waals surface area contributed by atoms with Crippen LogP contribution in [0.15, 0.2) is 24.3 Å². The van der Waals surface area contributed by atoms with E-state index in [9.17, 15) is 4.79 Å². The lowest BCUT2D eigenvalue weighted by atomic mass is 9.96. The first kappa shape index (κ1) is 13.0. The predicted molar refractivity (Wildman–Crippen MR) is 70.9 cm³/mol. The van der Waals surface area contributed by atoms with Gasteiger partial charge in [-0.15, -0.1) is 0 Å². The Hall–Kier alpha value is -1.09. The van der Waals surface area contributed by atoms with Crippen LogP contribution in [0.5, 0.6) is 0 Å². The summed E-state index contributed by atoms with van der Waals surface area (Å²) in [5.74, 6) is -0.131. The van der Waals surface area contributed by atoms with Gasteiger partial charge in [-0.05, 0) is 48.6 Å². The van der Waals surface area contributed by atoms with Crippen molar-refractivity contribution in [3.63, 3.8) is 0 Å². The van der Waals surface area contributed by atoms with Crippen LogP contribution < -0.4 is 5.32 Å². The van der Waals surface area contributed by atoms with Gasteiger partial charge in [0.25, 0.3) is 5.91 Å². The van der Waals surface area contributed by atoms with E-state index < -0.39 is 5.41 Å². The summed E-state index contributed by atoms with van der Waals surface area (Å²) in [4.78, 5) is 11.8. The van der Waals surface area contributed by atoms with E-state index in [2.05, 4.69) is 34.0 Å². The first-order valence-corrected chi connectivity index (χ1v) is 5.98. The fourth-order valence-corrected chi connectivity index (χ4v) is 1.71. The summed E-state index contributed by atoms with van der Waals surface area (Å²) in [5, 5.41) is 11.6. The first-order chi connectivity index (χ1) is 7.46. The van der Waals surface area contributed by atoms with Crippen LogP contribution in [0.1, 0.15) is 24.2 Å². The van der Waals surface area contributed by atoms with Crippen LogP contribution in [-0.2, 0) is 0 Å². The summed E-state index contributed by atoms with van der Waals surface area (Å²) >= 11 is 2.12. The molecule has 0 saturated heterocycles. The highest BCUT2D eigenvalue weighted by molar-refractivity contribution is 14.1. The molecule has 0 aromatic heterocycles.